The first-order valence-corrected chi connectivity index (χ1v) is 5.59. The van der Waals surface area contributed by atoms with E-state index in [9.17, 15) is 23.3 Å². The Hall–Kier alpha value is -2.57. The van der Waals surface area contributed by atoms with Gasteiger partial charge in [0.1, 0.15) is 11.5 Å². The lowest BCUT2D eigenvalue weighted by molar-refractivity contribution is -0.384. The van der Waals surface area contributed by atoms with Gasteiger partial charge in [0.25, 0.3) is 5.69 Å². The molecule has 0 unspecified atom stereocenters. The van der Waals surface area contributed by atoms with Crippen LogP contribution in [-0.4, -0.2) is 4.92 Å². The van der Waals surface area contributed by atoms with E-state index in [1.54, 1.807) is 0 Å². The van der Waals surface area contributed by atoms with Gasteiger partial charge in [0.15, 0.2) is 11.6 Å². The zero-order chi connectivity index (χ0) is 14.7. The average Bonchev–Trinajstić information content (AvgIpc) is 2.38. The number of hydrogen-bond donors (Lipinski definition) is 1. The lowest BCUT2D eigenvalue weighted by Crippen LogP contribution is -2.04. The normalized spacial score (nSPS) is 10.3. The molecule has 2 aromatic carbocycles. The third-order valence-electron chi connectivity index (χ3n) is 2.62. The van der Waals surface area contributed by atoms with Crippen molar-refractivity contribution in [2.45, 2.75) is 6.54 Å². The SMILES string of the molecule is O=[N+]([O-])c1ccc(CNc2c(F)cc(F)cc2F)cc1. The lowest BCUT2D eigenvalue weighted by Gasteiger charge is -2.09. The molecule has 0 spiro atoms. The predicted octanol–water partition coefficient (Wildman–Crippen LogP) is 3.62. The summed E-state index contributed by atoms with van der Waals surface area (Å²) in [6, 6.07) is 6.64. The van der Waals surface area contributed by atoms with Gasteiger partial charge in [0.05, 0.1) is 4.92 Å². The van der Waals surface area contributed by atoms with E-state index >= 15 is 0 Å². The molecule has 4 nitrogen and oxygen atoms in total. The van der Waals surface area contributed by atoms with Crippen LogP contribution < -0.4 is 5.32 Å². The van der Waals surface area contributed by atoms with Crippen molar-refractivity contribution in [2.24, 2.45) is 0 Å². The molecule has 20 heavy (non-hydrogen) atoms. The van der Waals surface area contributed by atoms with Crippen LogP contribution in [0.5, 0.6) is 0 Å². The Kier molecular flexibility index (Phi) is 3.88. The van der Waals surface area contributed by atoms with Crippen LogP contribution in [0.3, 0.4) is 0 Å². The van der Waals surface area contributed by atoms with Gasteiger partial charge in [0, 0.05) is 30.8 Å². The first kappa shape index (κ1) is 13.9. The van der Waals surface area contributed by atoms with Crippen LogP contribution in [-0.2, 0) is 6.54 Å². The van der Waals surface area contributed by atoms with E-state index in [1.165, 1.54) is 24.3 Å². The molecule has 0 aliphatic rings. The minimum atomic E-state index is -1.04. The van der Waals surface area contributed by atoms with E-state index < -0.39 is 28.1 Å². The Balaban J connectivity index is 2.11. The molecule has 2 rings (SSSR count). The molecule has 104 valence electrons. The Labute approximate surface area is 112 Å². The number of halogens is 3. The van der Waals surface area contributed by atoms with Crippen molar-refractivity contribution in [3.63, 3.8) is 0 Å². The lowest BCUT2D eigenvalue weighted by atomic mass is 10.2. The number of nitrogens with zero attached hydrogens (tertiary/aromatic N) is 1. The topological polar surface area (TPSA) is 55.2 Å². The van der Waals surface area contributed by atoms with Gasteiger partial charge in [-0.15, -0.1) is 0 Å². The van der Waals surface area contributed by atoms with Crippen molar-refractivity contribution >= 4 is 11.4 Å². The standard InChI is InChI=1S/C13H9F3N2O2/c14-9-5-11(15)13(12(16)6-9)17-7-8-1-3-10(4-2-8)18(19)20/h1-6,17H,7H2. The third kappa shape index (κ3) is 3.05. The Morgan fingerprint density at radius 3 is 2.10 bits per heavy atom. The summed E-state index contributed by atoms with van der Waals surface area (Å²) < 4.78 is 39.4. The smallest absolute Gasteiger partial charge is 0.269 e. The number of anilines is 1. The fourth-order valence-electron chi connectivity index (χ4n) is 1.64. The molecule has 0 bridgehead atoms. The van der Waals surface area contributed by atoms with Crippen LogP contribution in [0.4, 0.5) is 24.5 Å². The van der Waals surface area contributed by atoms with Crippen LogP contribution in [0.1, 0.15) is 5.56 Å². The maximum Gasteiger partial charge on any atom is 0.269 e. The molecule has 0 heterocycles. The van der Waals surface area contributed by atoms with E-state index in [4.69, 9.17) is 0 Å². The summed E-state index contributed by atoms with van der Waals surface area (Å²) in [5, 5.41) is 13.0. The van der Waals surface area contributed by atoms with Gasteiger partial charge in [0.2, 0.25) is 0 Å². The molecule has 0 saturated heterocycles. The van der Waals surface area contributed by atoms with Crippen LogP contribution in [0.25, 0.3) is 0 Å². The van der Waals surface area contributed by atoms with Crippen molar-refractivity contribution in [3.05, 3.63) is 69.5 Å². The quantitative estimate of drug-likeness (QED) is 0.688. The maximum absolute atomic E-state index is 13.4. The molecule has 0 fully saturated rings. The summed E-state index contributed by atoms with van der Waals surface area (Å²) in [5.74, 6) is -3.07. The molecule has 0 aliphatic carbocycles. The summed E-state index contributed by atoms with van der Waals surface area (Å²) >= 11 is 0. The Bertz CT molecular complexity index is 622. The molecule has 0 atom stereocenters. The van der Waals surface area contributed by atoms with E-state index in [0.29, 0.717) is 17.7 Å². The number of non-ortho nitro benzene ring substituents is 1. The third-order valence-corrected chi connectivity index (χ3v) is 2.62. The van der Waals surface area contributed by atoms with Crippen molar-refractivity contribution in [1.82, 2.24) is 0 Å². The predicted molar refractivity (Wildman–Crippen MR) is 66.7 cm³/mol. The highest BCUT2D eigenvalue weighted by Crippen LogP contribution is 2.21. The molecule has 0 radical (unpaired) electrons. The zero-order valence-electron chi connectivity index (χ0n) is 10.1. The molecule has 0 saturated carbocycles. The number of benzene rings is 2. The Morgan fingerprint density at radius 2 is 1.60 bits per heavy atom. The summed E-state index contributed by atoms with van der Waals surface area (Å²) in [4.78, 5) is 9.92. The van der Waals surface area contributed by atoms with Gasteiger partial charge in [-0.05, 0) is 5.56 Å². The molecule has 0 aromatic heterocycles. The van der Waals surface area contributed by atoms with Crippen LogP contribution >= 0.6 is 0 Å². The van der Waals surface area contributed by atoms with Crippen LogP contribution in [0.2, 0.25) is 0 Å². The number of nitrogens with one attached hydrogen (secondary N) is 1. The van der Waals surface area contributed by atoms with E-state index in [2.05, 4.69) is 5.32 Å². The number of nitro groups is 1. The van der Waals surface area contributed by atoms with Gasteiger partial charge in [-0.2, -0.15) is 0 Å². The Morgan fingerprint density at radius 1 is 1.05 bits per heavy atom. The highest BCUT2D eigenvalue weighted by atomic mass is 19.1. The first-order valence-electron chi connectivity index (χ1n) is 5.59. The number of hydrogen-bond acceptors (Lipinski definition) is 3. The van der Waals surface area contributed by atoms with E-state index in [-0.39, 0.29) is 12.2 Å². The minimum absolute atomic E-state index is 0.0530. The first-order chi connectivity index (χ1) is 9.47. The highest BCUT2D eigenvalue weighted by Gasteiger charge is 2.11. The fraction of sp³-hybridized carbons (Fsp3) is 0.0769. The fourth-order valence-corrected chi connectivity index (χ4v) is 1.64. The maximum atomic E-state index is 13.4. The van der Waals surface area contributed by atoms with Gasteiger partial charge < -0.3 is 5.32 Å². The number of nitro benzene ring substituents is 1. The number of rotatable bonds is 4. The average molecular weight is 282 g/mol. The highest BCUT2D eigenvalue weighted by molar-refractivity contribution is 5.47. The molecule has 0 aliphatic heterocycles. The molecule has 2 aromatic rings. The molecular weight excluding hydrogens is 273 g/mol. The molecule has 1 N–H and O–H groups in total. The largest absolute Gasteiger partial charge is 0.376 e. The van der Waals surface area contributed by atoms with Crippen molar-refractivity contribution in [2.75, 3.05) is 5.32 Å². The minimum Gasteiger partial charge on any atom is -0.376 e. The summed E-state index contributed by atoms with van der Waals surface area (Å²) in [5.41, 5.74) is 0.0800. The zero-order valence-corrected chi connectivity index (χ0v) is 10.1. The van der Waals surface area contributed by atoms with E-state index in [1.807, 2.05) is 0 Å². The second-order valence-electron chi connectivity index (χ2n) is 4.02. The van der Waals surface area contributed by atoms with Crippen LogP contribution in [0.15, 0.2) is 36.4 Å². The van der Waals surface area contributed by atoms with Gasteiger partial charge in [-0.1, -0.05) is 12.1 Å². The van der Waals surface area contributed by atoms with Gasteiger partial charge >= 0.3 is 0 Å². The van der Waals surface area contributed by atoms with Crippen molar-refractivity contribution in [3.8, 4) is 0 Å². The molecule has 7 heteroatoms. The summed E-state index contributed by atoms with van der Waals surface area (Å²) in [6.45, 7) is 0.0530. The van der Waals surface area contributed by atoms with Crippen molar-refractivity contribution in [1.29, 1.82) is 0 Å². The van der Waals surface area contributed by atoms with Crippen LogP contribution in [0, 0.1) is 27.6 Å². The molecule has 0 amide bonds. The van der Waals surface area contributed by atoms with Gasteiger partial charge in [-0.25, -0.2) is 13.2 Å². The second kappa shape index (κ2) is 5.60. The monoisotopic (exact) mass is 282 g/mol. The van der Waals surface area contributed by atoms with Gasteiger partial charge in [-0.3, -0.25) is 10.1 Å². The second-order valence-corrected chi connectivity index (χ2v) is 4.02. The summed E-state index contributed by atoms with van der Waals surface area (Å²) in [7, 11) is 0. The summed E-state index contributed by atoms with van der Waals surface area (Å²) in [6.07, 6.45) is 0. The van der Waals surface area contributed by atoms with Crippen molar-refractivity contribution < 1.29 is 18.1 Å². The molecular formula is C13H9F3N2O2. The van der Waals surface area contributed by atoms with E-state index in [0.717, 1.165) is 0 Å².